The number of rotatable bonds is 6. The van der Waals surface area contributed by atoms with Crippen LogP contribution in [0.5, 0.6) is 0 Å². The summed E-state index contributed by atoms with van der Waals surface area (Å²) in [4.78, 5) is 17.4. The molecule has 1 aromatic carbocycles. The first kappa shape index (κ1) is 13.3. The van der Waals surface area contributed by atoms with Crippen LogP contribution in [0.15, 0.2) is 53.0 Å². The number of benzene rings is 1. The fourth-order valence-electron chi connectivity index (χ4n) is 1.40. The third-order valence-corrected chi connectivity index (χ3v) is 3.13. The van der Waals surface area contributed by atoms with E-state index in [0.717, 1.165) is 10.4 Å². The lowest BCUT2D eigenvalue weighted by Gasteiger charge is -2.03. The van der Waals surface area contributed by atoms with Crippen molar-refractivity contribution in [3.63, 3.8) is 0 Å². The van der Waals surface area contributed by atoms with E-state index >= 15 is 0 Å². The van der Waals surface area contributed by atoms with E-state index < -0.39 is 0 Å². The maximum atomic E-state index is 11.5. The van der Waals surface area contributed by atoms with Gasteiger partial charge in [0.15, 0.2) is 6.61 Å². The van der Waals surface area contributed by atoms with Crippen molar-refractivity contribution < 1.29 is 9.63 Å². The van der Waals surface area contributed by atoms with E-state index in [1.54, 1.807) is 17.6 Å². The Morgan fingerprint density at radius 2 is 2.11 bits per heavy atom. The van der Waals surface area contributed by atoms with E-state index in [-0.39, 0.29) is 12.5 Å². The van der Waals surface area contributed by atoms with Gasteiger partial charge in [-0.05, 0) is 17.0 Å². The van der Waals surface area contributed by atoms with Crippen LogP contribution in [0.25, 0.3) is 0 Å². The molecule has 1 aromatic heterocycles. The van der Waals surface area contributed by atoms with Crippen LogP contribution >= 0.6 is 11.3 Å². The molecule has 1 N–H and O–H groups in total. The summed E-state index contributed by atoms with van der Waals surface area (Å²) < 4.78 is 0. The highest BCUT2D eigenvalue weighted by Crippen LogP contribution is 2.04. The molecule has 0 unspecified atom stereocenters. The smallest absolute Gasteiger partial charge is 0.261 e. The molecular weight excluding hydrogens is 260 g/mol. The number of hydrogen-bond acceptors (Lipinski definition) is 4. The van der Waals surface area contributed by atoms with Gasteiger partial charge in [0, 0.05) is 11.4 Å². The number of thiophene rings is 1. The first-order chi connectivity index (χ1) is 9.34. The van der Waals surface area contributed by atoms with Crippen molar-refractivity contribution in [2.24, 2.45) is 5.16 Å². The number of nitrogens with one attached hydrogen (secondary N) is 1. The number of amides is 1. The van der Waals surface area contributed by atoms with Gasteiger partial charge < -0.3 is 10.2 Å². The molecule has 5 heteroatoms. The largest absolute Gasteiger partial charge is 0.386 e. The van der Waals surface area contributed by atoms with Gasteiger partial charge in [-0.1, -0.05) is 41.6 Å². The van der Waals surface area contributed by atoms with Crippen molar-refractivity contribution in [2.75, 3.05) is 6.61 Å². The minimum atomic E-state index is -0.188. The molecule has 0 aliphatic rings. The molecule has 0 fully saturated rings. The maximum absolute atomic E-state index is 11.5. The third kappa shape index (κ3) is 4.93. The molecule has 1 heterocycles. The molecule has 0 aliphatic carbocycles. The van der Waals surface area contributed by atoms with Crippen molar-refractivity contribution in [3.05, 3.63) is 58.3 Å². The lowest BCUT2D eigenvalue weighted by atomic mass is 10.2. The van der Waals surface area contributed by atoms with Crippen LogP contribution in [0, 0.1) is 0 Å². The second kappa shape index (κ2) is 7.33. The summed E-state index contributed by atoms with van der Waals surface area (Å²) in [5.41, 5.74) is 1.05. The molecule has 0 saturated carbocycles. The molecule has 2 rings (SSSR count). The van der Waals surface area contributed by atoms with Gasteiger partial charge >= 0.3 is 0 Å². The first-order valence-corrected chi connectivity index (χ1v) is 6.72. The van der Waals surface area contributed by atoms with Crippen molar-refractivity contribution in [1.82, 2.24) is 5.32 Å². The van der Waals surface area contributed by atoms with Gasteiger partial charge in [-0.3, -0.25) is 4.79 Å². The Hall–Kier alpha value is -2.14. The standard InChI is InChI=1S/C14H14N2O2S/c17-14(15-9-12-5-2-1-3-6-12)11-18-16-10-13-7-4-8-19-13/h1-8,10H,9,11H2,(H,15,17)/b16-10+. The molecule has 4 nitrogen and oxygen atoms in total. The van der Waals surface area contributed by atoms with Gasteiger partial charge in [-0.2, -0.15) is 0 Å². The van der Waals surface area contributed by atoms with Gasteiger partial charge in [0.05, 0.1) is 6.21 Å². The van der Waals surface area contributed by atoms with E-state index in [1.807, 2.05) is 47.8 Å². The van der Waals surface area contributed by atoms with Crippen LogP contribution in [-0.2, 0) is 16.2 Å². The summed E-state index contributed by atoms with van der Waals surface area (Å²) in [5, 5.41) is 8.44. The molecule has 0 spiro atoms. The van der Waals surface area contributed by atoms with Crippen LogP contribution in [0.2, 0.25) is 0 Å². The zero-order chi connectivity index (χ0) is 13.3. The van der Waals surface area contributed by atoms with E-state index in [4.69, 9.17) is 4.84 Å². The van der Waals surface area contributed by atoms with E-state index in [9.17, 15) is 4.79 Å². The van der Waals surface area contributed by atoms with Crippen LogP contribution in [0.3, 0.4) is 0 Å². The van der Waals surface area contributed by atoms with Gasteiger partial charge in [-0.25, -0.2) is 0 Å². The molecule has 2 aromatic rings. The molecule has 0 bridgehead atoms. The lowest BCUT2D eigenvalue weighted by molar-refractivity contribution is -0.125. The van der Waals surface area contributed by atoms with Gasteiger partial charge in [0.1, 0.15) is 0 Å². The predicted molar refractivity (Wildman–Crippen MR) is 76.2 cm³/mol. The molecule has 98 valence electrons. The minimum Gasteiger partial charge on any atom is -0.386 e. The topological polar surface area (TPSA) is 50.7 Å². The fraction of sp³-hybridized carbons (Fsp3) is 0.143. The monoisotopic (exact) mass is 274 g/mol. The van der Waals surface area contributed by atoms with Crippen LogP contribution < -0.4 is 5.32 Å². The number of nitrogens with zero attached hydrogens (tertiary/aromatic N) is 1. The normalized spacial score (nSPS) is 10.5. The summed E-state index contributed by atoms with van der Waals surface area (Å²) >= 11 is 1.56. The molecule has 0 radical (unpaired) electrons. The minimum absolute atomic E-state index is 0.0747. The number of carbonyl (C=O) groups excluding carboxylic acids is 1. The predicted octanol–water partition coefficient (Wildman–Crippen LogP) is 2.42. The van der Waals surface area contributed by atoms with Crippen LogP contribution in [-0.4, -0.2) is 18.7 Å². The molecular formula is C14H14N2O2S. The van der Waals surface area contributed by atoms with Crippen LogP contribution in [0.4, 0.5) is 0 Å². The molecule has 1 amide bonds. The Morgan fingerprint density at radius 3 is 2.84 bits per heavy atom. The van der Waals surface area contributed by atoms with Crippen molar-refractivity contribution in [2.45, 2.75) is 6.54 Å². The zero-order valence-corrected chi connectivity index (χ0v) is 11.1. The highest BCUT2D eigenvalue weighted by molar-refractivity contribution is 7.11. The van der Waals surface area contributed by atoms with Crippen LogP contribution in [0.1, 0.15) is 10.4 Å². The van der Waals surface area contributed by atoms with Gasteiger partial charge in [0.25, 0.3) is 5.91 Å². The lowest BCUT2D eigenvalue weighted by Crippen LogP contribution is -2.26. The Morgan fingerprint density at radius 1 is 1.26 bits per heavy atom. The average Bonchev–Trinajstić information content (AvgIpc) is 2.96. The molecule has 0 atom stereocenters. The summed E-state index contributed by atoms with van der Waals surface area (Å²) in [7, 11) is 0. The summed E-state index contributed by atoms with van der Waals surface area (Å²) in [6.07, 6.45) is 1.59. The van der Waals surface area contributed by atoms with Crippen molar-refractivity contribution in [1.29, 1.82) is 0 Å². The average molecular weight is 274 g/mol. The van der Waals surface area contributed by atoms with Crippen molar-refractivity contribution >= 4 is 23.5 Å². The highest BCUT2D eigenvalue weighted by atomic mass is 32.1. The van der Waals surface area contributed by atoms with Crippen molar-refractivity contribution in [3.8, 4) is 0 Å². The maximum Gasteiger partial charge on any atom is 0.261 e. The first-order valence-electron chi connectivity index (χ1n) is 5.84. The summed E-state index contributed by atoms with van der Waals surface area (Å²) in [6, 6.07) is 13.6. The number of hydrogen-bond donors (Lipinski definition) is 1. The highest BCUT2D eigenvalue weighted by Gasteiger charge is 2.00. The summed E-state index contributed by atoms with van der Waals surface area (Å²) in [6.45, 7) is 0.423. The molecule has 19 heavy (non-hydrogen) atoms. The quantitative estimate of drug-likeness (QED) is 0.649. The zero-order valence-electron chi connectivity index (χ0n) is 10.3. The fourth-order valence-corrected chi connectivity index (χ4v) is 1.97. The Kier molecular flexibility index (Phi) is 5.13. The van der Waals surface area contributed by atoms with Gasteiger partial charge in [-0.15, -0.1) is 11.3 Å². The second-order valence-corrected chi connectivity index (χ2v) is 4.76. The van der Waals surface area contributed by atoms with E-state index in [2.05, 4.69) is 10.5 Å². The third-order valence-electron chi connectivity index (χ3n) is 2.33. The second-order valence-electron chi connectivity index (χ2n) is 3.79. The van der Waals surface area contributed by atoms with Gasteiger partial charge in [0.2, 0.25) is 0 Å². The molecule has 0 aliphatic heterocycles. The SMILES string of the molecule is O=C(CO/N=C/c1cccs1)NCc1ccccc1. The number of oxime groups is 1. The van der Waals surface area contributed by atoms with E-state index in [0.29, 0.717) is 6.54 Å². The number of carbonyl (C=O) groups is 1. The summed E-state index contributed by atoms with van der Waals surface area (Å²) in [5.74, 6) is -0.188. The molecule has 0 saturated heterocycles. The Labute approximate surface area is 115 Å². The van der Waals surface area contributed by atoms with E-state index in [1.165, 1.54) is 0 Å². The Bertz CT molecular complexity index is 524. The Balaban J connectivity index is 1.65.